The van der Waals surface area contributed by atoms with Crippen LogP contribution in [-0.4, -0.2) is 49.5 Å². The third kappa shape index (κ3) is 5.82. The Morgan fingerprint density at radius 2 is 1.90 bits per heavy atom. The summed E-state index contributed by atoms with van der Waals surface area (Å²) in [4.78, 5) is 42.8. The molecule has 1 atom stereocenters. The maximum Gasteiger partial charge on any atom is 0.338 e. The molecule has 0 radical (unpaired) electrons. The lowest BCUT2D eigenvalue weighted by Gasteiger charge is -2.27. The van der Waals surface area contributed by atoms with Gasteiger partial charge in [-0.25, -0.2) is 9.79 Å². The number of fused-ring (bicyclic) bond motifs is 1. The van der Waals surface area contributed by atoms with E-state index in [1.54, 1.807) is 43.3 Å². The highest BCUT2D eigenvalue weighted by Gasteiger charge is 2.36. The van der Waals surface area contributed by atoms with Crippen molar-refractivity contribution < 1.29 is 28.7 Å². The summed E-state index contributed by atoms with van der Waals surface area (Å²) in [5.41, 5.74) is 1.31. The number of nitrogens with zero attached hydrogens (tertiary/aromatic N) is 3. The number of carbonyl (C=O) groups excluding carboxylic acids is 1. The molecule has 0 aliphatic carbocycles. The van der Waals surface area contributed by atoms with Crippen LogP contribution in [0.5, 0.6) is 11.5 Å². The van der Waals surface area contributed by atoms with Gasteiger partial charge in [-0.3, -0.25) is 19.5 Å². The molecule has 0 N–H and O–H groups in total. The van der Waals surface area contributed by atoms with Crippen molar-refractivity contribution in [1.82, 2.24) is 4.57 Å². The van der Waals surface area contributed by atoms with Crippen molar-refractivity contribution in [1.29, 1.82) is 0 Å². The topological polar surface area (TPSA) is 131 Å². The van der Waals surface area contributed by atoms with Crippen LogP contribution in [0.15, 0.2) is 63.5 Å². The average molecular weight is 568 g/mol. The minimum Gasteiger partial charge on any atom is -0.493 e. The van der Waals surface area contributed by atoms with Crippen LogP contribution < -0.4 is 24.4 Å². The second kappa shape index (κ2) is 12.7. The molecular weight excluding hydrogens is 538 g/mol. The van der Waals surface area contributed by atoms with E-state index in [-0.39, 0.29) is 30.0 Å². The number of esters is 1. The van der Waals surface area contributed by atoms with E-state index in [1.807, 2.05) is 6.92 Å². The van der Waals surface area contributed by atoms with Gasteiger partial charge >= 0.3 is 5.97 Å². The fourth-order valence-electron chi connectivity index (χ4n) is 4.28. The number of ether oxygens (including phenoxy) is 4. The smallest absolute Gasteiger partial charge is 0.338 e. The number of methoxy groups -OCH3 is 2. The Morgan fingerprint density at radius 3 is 2.55 bits per heavy atom. The van der Waals surface area contributed by atoms with Crippen molar-refractivity contribution in [2.45, 2.75) is 26.3 Å². The van der Waals surface area contributed by atoms with Crippen LogP contribution in [0, 0.1) is 10.1 Å². The van der Waals surface area contributed by atoms with Crippen LogP contribution >= 0.6 is 11.3 Å². The quantitative estimate of drug-likeness (QED) is 0.149. The van der Waals surface area contributed by atoms with Gasteiger partial charge in [0.25, 0.3) is 11.2 Å². The zero-order valence-corrected chi connectivity index (χ0v) is 23.4. The Kier molecular flexibility index (Phi) is 9.12. The van der Waals surface area contributed by atoms with Gasteiger partial charge in [-0.2, -0.15) is 0 Å². The molecule has 11 nitrogen and oxygen atoms in total. The Labute approximate surface area is 233 Å². The normalized spacial score (nSPS) is 14.9. The molecule has 12 heteroatoms. The average Bonchev–Trinajstić information content (AvgIpc) is 3.25. The number of non-ortho nitro benzene ring substituents is 1. The first kappa shape index (κ1) is 28.7. The summed E-state index contributed by atoms with van der Waals surface area (Å²) >= 11 is 1.15. The number of nitro benzene ring substituents is 1. The highest BCUT2D eigenvalue weighted by molar-refractivity contribution is 7.07. The lowest BCUT2D eigenvalue weighted by molar-refractivity contribution is -0.384. The van der Waals surface area contributed by atoms with Crippen molar-refractivity contribution in [3.05, 3.63) is 94.7 Å². The zero-order valence-electron chi connectivity index (χ0n) is 22.5. The largest absolute Gasteiger partial charge is 0.493 e. The van der Waals surface area contributed by atoms with Crippen molar-refractivity contribution in [3.8, 4) is 11.5 Å². The fourth-order valence-corrected chi connectivity index (χ4v) is 5.33. The van der Waals surface area contributed by atoms with E-state index in [4.69, 9.17) is 18.9 Å². The minimum absolute atomic E-state index is 0.0285. The molecule has 1 aliphatic rings. The predicted octanol–water partition coefficient (Wildman–Crippen LogP) is 3.13. The molecule has 210 valence electrons. The second-order valence-electron chi connectivity index (χ2n) is 8.79. The van der Waals surface area contributed by atoms with E-state index in [9.17, 15) is 19.7 Å². The molecule has 3 aromatic rings. The molecule has 40 heavy (non-hydrogen) atoms. The first-order chi connectivity index (χ1) is 19.3. The molecule has 1 aromatic heterocycles. The molecule has 2 aromatic carbocycles. The number of aromatic nitrogens is 1. The monoisotopic (exact) mass is 567 g/mol. The van der Waals surface area contributed by atoms with Gasteiger partial charge in [0, 0.05) is 24.8 Å². The maximum absolute atomic E-state index is 13.9. The number of benzene rings is 2. The van der Waals surface area contributed by atoms with Gasteiger partial charge in [0.15, 0.2) is 16.3 Å². The molecule has 1 aliphatic heterocycles. The molecule has 0 amide bonds. The number of hydrogen-bond acceptors (Lipinski definition) is 10. The van der Waals surface area contributed by atoms with Gasteiger partial charge in [-0.05, 0) is 43.2 Å². The molecular formula is C28H29N3O8S. The number of nitro groups is 1. The lowest BCUT2D eigenvalue weighted by atomic mass is 9.94. The van der Waals surface area contributed by atoms with Gasteiger partial charge in [0.05, 0.1) is 41.0 Å². The SMILES string of the molecule is CCCOc1c(OC)cccc1[C@H]1C(C(=O)OCCOC)=C(C)N=c2s/c(=C/c3ccc([N+](=O)[O-])cc3)c(=O)n21. The molecule has 4 rings (SSSR count). The van der Waals surface area contributed by atoms with E-state index < -0.39 is 16.9 Å². The second-order valence-corrected chi connectivity index (χ2v) is 9.80. The maximum atomic E-state index is 13.9. The van der Waals surface area contributed by atoms with Crippen LogP contribution in [0.2, 0.25) is 0 Å². The van der Waals surface area contributed by atoms with E-state index in [1.165, 1.54) is 30.9 Å². The molecule has 0 bridgehead atoms. The minimum atomic E-state index is -0.910. The Morgan fingerprint density at radius 1 is 1.15 bits per heavy atom. The summed E-state index contributed by atoms with van der Waals surface area (Å²) in [6.07, 6.45) is 2.37. The molecule has 0 unspecified atom stereocenters. The summed E-state index contributed by atoms with van der Waals surface area (Å²) in [6, 6.07) is 10.3. The van der Waals surface area contributed by atoms with Crippen LogP contribution in [0.1, 0.15) is 37.4 Å². The first-order valence-corrected chi connectivity index (χ1v) is 13.3. The molecule has 0 saturated heterocycles. The van der Waals surface area contributed by atoms with Gasteiger partial charge in [0.1, 0.15) is 12.6 Å². The van der Waals surface area contributed by atoms with E-state index in [2.05, 4.69) is 4.99 Å². The van der Waals surface area contributed by atoms with Crippen LogP contribution in [0.4, 0.5) is 5.69 Å². The number of allylic oxidation sites excluding steroid dienone is 1. The standard InChI is InChI=1S/C28H29N3O8S/c1-5-13-38-25-20(7-6-8-21(25)37-4)24-23(27(33)39-15-14-36-3)17(2)29-28-30(24)26(32)22(40-28)16-18-9-11-19(12-10-18)31(34)35/h6-12,16,24H,5,13-15H2,1-4H3/b22-16+/t24-/m0/s1. The molecule has 0 saturated carbocycles. The highest BCUT2D eigenvalue weighted by atomic mass is 32.1. The number of hydrogen-bond donors (Lipinski definition) is 0. The number of thiazole rings is 1. The van der Waals surface area contributed by atoms with Crippen molar-refractivity contribution >= 4 is 29.1 Å². The lowest BCUT2D eigenvalue weighted by Crippen LogP contribution is -2.40. The van der Waals surface area contributed by atoms with Gasteiger partial charge in [-0.1, -0.05) is 30.4 Å². The van der Waals surface area contributed by atoms with Crippen LogP contribution in [-0.2, 0) is 14.3 Å². The molecule has 2 heterocycles. The van der Waals surface area contributed by atoms with E-state index >= 15 is 0 Å². The fraction of sp³-hybridized carbons (Fsp3) is 0.321. The first-order valence-electron chi connectivity index (χ1n) is 12.5. The van der Waals surface area contributed by atoms with E-state index in [0.29, 0.717) is 44.3 Å². The summed E-state index contributed by atoms with van der Waals surface area (Å²) < 4.78 is 24.0. The third-order valence-corrected chi connectivity index (χ3v) is 7.12. The zero-order chi connectivity index (χ0) is 28.8. The Bertz CT molecular complexity index is 1620. The molecule has 0 spiro atoms. The summed E-state index contributed by atoms with van der Waals surface area (Å²) in [5, 5.41) is 11.0. The van der Waals surface area contributed by atoms with Crippen LogP contribution in [0.3, 0.4) is 0 Å². The predicted molar refractivity (Wildman–Crippen MR) is 148 cm³/mol. The number of rotatable bonds is 11. The highest BCUT2D eigenvalue weighted by Crippen LogP contribution is 2.40. The van der Waals surface area contributed by atoms with Gasteiger partial charge < -0.3 is 18.9 Å². The number of para-hydroxylation sites is 1. The summed E-state index contributed by atoms with van der Waals surface area (Å²) in [7, 11) is 3.03. The van der Waals surface area contributed by atoms with Gasteiger partial charge in [-0.15, -0.1) is 0 Å². The molecule has 0 fully saturated rings. The van der Waals surface area contributed by atoms with Crippen molar-refractivity contribution in [3.63, 3.8) is 0 Å². The number of carbonyl (C=O) groups is 1. The summed E-state index contributed by atoms with van der Waals surface area (Å²) in [6.45, 7) is 4.30. The van der Waals surface area contributed by atoms with Crippen LogP contribution in [0.25, 0.3) is 6.08 Å². The third-order valence-electron chi connectivity index (χ3n) is 6.14. The Balaban J connectivity index is 1.93. The Hall–Kier alpha value is -4.29. The van der Waals surface area contributed by atoms with E-state index in [0.717, 1.165) is 17.8 Å². The van der Waals surface area contributed by atoms with Crippen molar-refractivity contribution in [2.75, 3.05) is 34.0 Å². The van der Waals surface area contributed by atoms with Gasteiger partial charge in [0.2, 0.25) is 0 Å². The summed E-state index contributed by atoms with van der Waals surface area (Å²) in [5.74, 6) is 0.247. The van der Waals surface area contributed by atoms with Crippen molar-refractivity contribution in [2.24, 2.45) is 4.99 Å².